The van der Waals surface area contributed by atoms with Gasteiger partial charge in [-0.25, -0.2) is 4.39 Å². The number of hydrogen-bond donors (Lipinski definition) is 1. The number of benzene rings is 2. The molecule has 0 spiro atoms. The Hall–Kier alpha value is -2.89. The Morgan fingerprint density at radius 1 is 1.15 bits per heavy atom. The fourth-order valence-corrected chi connectivity index (χ4v) is 2.70. The van der Waals surface area contributed by atoms with Crippen LogP contribution in [0.4, 0.5) is 4.39 Å². The van der Waals surface area contributed by atoms with Crippen LogP contribution in [0.1, 0.15) is 23.6 Å². The summed E-state index contributed by atoms with van der Waals surface area (Å²) >= 11 is 0. The minimum atomic E-state index is -0.760. The van der Waals surface area contributed by atoms with Gasteiger partial charge < -0.3 is 15.0 Å². The average Bonchev–Trinajstić information content (AvgIpc) is 2.67. The molecule has 0 unspecified atom stereocenters. The number of hydrogen-bond acceptors (Lipinski definition) is 3. The van der Waals surface area contributed by atoms with Crippen molar-refractivity contribution in [1.29, 1.82) is 0 Å². The van der Waals surface area contributed by atoms with Gasteiger partial charge >= 0.3 is 0 Å². The molecule has 144 valence electrons. The molecule has 2 amide bonds. The van der Waals surface area contributed by atoms with Gasteiger partial charge in [-0.2, -0.15) is 0 Å². The van der Waals surface area contributed by atoms with E-state index >= 15 is 0 Å². The van der Waals surface area contributed by atoms with Gasteiger partial charge in [0.05, 0.1) is 0 Å². The van der Waals surface area contributed by atoms with E-state index in [1.165, 1.54) is 18.0 Å². The van der Waals surface area contributed by atoms with Crippen molar-refractivity contribution in [3.63, 3.8) is 0 Å². The molecule has 0 radical (unpaired) electrons. The van der Waals surface area contributed by atoms with E-state index < -0.39 is 17.8 Å². The van der Waals surface area contributed by atoms with Crippen molar-refractivity contribution in [2.24, 2.45) is 0 Å². The number of aryl methyl sites for hydroxylation is 1. The molecule has 2 aromatic rings. The second kappa shape index (κ2) is 9.16. The van der Waals surface area contributed by atoms with Crippen LogP contribution in [0.2, 0.25) is 0 Å². The Morgan fingerprint density at radius 2 is 1.85 bits per heavy atom. The maximum absolute atomic E-state index is 14.0. The predicted octanol–water partition coefficient (Wildman–Crippen LogP) is 2.98. The summed E-state index contributed by atoms with van der Waals surface area (Å²) in [5.74, 6) is -0.529. The summed E-state index contributed by atoms with van der Waals surface area (Å²) in [5.41, 5.74) is 2.35. The third-order valence-electron chi connectivity index (χ3n) is 4.62. The number of amides is 2. The number of ether oxygens (including phenoxy) is 1. The normalized spacial score (nSPS) is 11.6. The number of halogens is 1. The van der Waals surface area contributed by atoms with Gasteiger partial charge in [0.25, 0.3) is 5.91 Å². The van der Waals surface area contributed by atoms with Crippen LogP contribution in [-0.2, 0) is 16.1 Å². The summed E-state index contributed by atoms with van der Waals surface area (Å²) in [5, 5.41) is 2.52. The quantitative estimate of drug-likeness (QED) is 0.813. The Kier molecular flexibility index (Phi) is 6.93. The Labute approximate surface area is 159 Å². The zero-order chi connectivity index (χ0) is 20.0. The van der Waals surface area contributed by atoms with Crippen LogP contribution in [0.25, 0.3) is 0 Å². The SMILES string of the molecule is CNC(=O)[C@H](C)N(Cc1ccccc1F)C(=O)COc1cccc(C)c1C. The topological polar surface area (TPSA) is 58.6 Å². The molecule has 1 atom stereocenters. The second-order valence-electron chi connectivity index (χ2n) is 6.39. The summed E-state index contributed by atoms with van der Waals surface area (Å²) in [7, 11) is 1.50. The number of carbonyl (C=O) groups is 2. The van der Waals surface area contributed by atoms with Crippen molar-refractivity contribution < 1.29 is 18.7 Å². The first kappa shape index (κ1) is 20.4. The standard InChI is InChI=1S/C21H25FN2O3/c1-14-8-7-11-19(15(14)2)27-13-20(25)24(16(3)21(26)23-4)12-17-9-5-6-10-18(17)22/h5-11,16H,12-13H2,1-4H3,(H,23,26)/t16-/m0/s1. The third-order valence-corrected chi connectivity index (χ3v) is 4.62. The molecule has 6 heteroatoms. The van der Waals surface area contributed by atoms with Crippen LogP contribution in [0, 0.1) is 19.7 Å². The summed E-state index contributed by atoms with van der Waals surface area (Å²) in [6, 6.07) is 11.0. The number of nitrogens with zero attached hydrogens (tertiary/aromatic N) is 1. The fourth-order valence-electron chi connectivity index (χ4n) is 2.70. The lowest BCUT2D eigenvalue weighted by atomic mass is 10.1. The van der Waals surface area contributed by atoms with Gasteiger partial charge in [0.2, 0.25) is 5.91 Å². The van der Waals surface area contributed by atoms with E-state index in [4.69, 9.17) is 4.74 Å². The Balaban J connectivity index is 2.19. The first-order valence-corrected chi connectivity index (χ1v) is 8.78. The maximum atomic E-state index is 14.0. The summed E-state index contributed by atoms with van der Waals surface area (Å²) in [6.45, 7) is 5.23. The molecule has 0 saturated carbocycles. The summed E-state index contributed by atoms with van der Waals surface area (Å²) < 4.78 is 19.7. The number of likely N-dealkylation sites (N-methyl/N-ethyl adjacent to an activating group) is 1. The van der Waals surface area contributed by atoms with Gasteiger partial charge in [-0.3, -0.25) is 9.59 Å². The monoisotopic (exact) mass is 372 g/mol. The first-order chi connectivity index (χ1) is 12.8. The molecule has 2 rings (SSSR count). The molecule has 0 bridgehead atoms. The molecule has 0 aliphatic carbocycles. The molecule has 0 heterocycles. The highest BCUT2D eigenvalue weighted by molar-refractivity contribution is 5.87. The zero-order valence-electron chi connectivity index (χ0n) is 16.1. The van der Waals surface area contributed by atoms with Crippen LogP contribution in [-0.4, -0.2) is 36.4 Å². The largest absolute Gasteiger partial charge is 0.483 e. The van der Waals surface area contributed by atoms with Crippen molar-refractivity contribution in [3.8, 4) is 5.75 Å². The Morgan fingerprint density at radius 3 is 2.52 bits per heavy atom. The van der Waals surface area contributed by atoms with Crippen LogP contribution in [0.15, 0.2) is 42.5 Å². The van der Waals surface area contributed by atoms with E-state index in [1.807, 2.05) is 26.0 Å². The van der Waals surface area contributed by atoms with Crippen LogP contribution >= 0.6 is 0 Å². The molecule has 1 N–H and O–H groups in total. The minimum Gasteiger partial charge on any atom is -0.483 e. The van der Waals surface area contributed by atoms with Gasteiger partial charge in [0, 0.05) is 19.2 Å². The number of carbonyl (C=O) groups excluding carboxylic acids is 2. The fraction of sp³-hybridized carbons (Fsp3) is 0.333. The Bertz CT molecular complexity index is 823. The van der Waals surface area contributed by atoms with Gasteiger partial charge in [0.1, 0.15) is 17.6 Å². The second-order valence-corrected chi connectivity index (χ2v) is 6.39. The molecule has 0 aliphatic heterocycles. The highest BCUT2D eigenvalue weighted by Gasteiger charge is 2.26. The molecular formula is C21H25FN2O3. The van der Waals surface area contributed by atoms with Crippen LogP contribution in [0.5, 0.6) is 5.75 Å². The van der Waals surface area contributed by atoms with Crippen LogP contribution < -0.4 is 10.1 Å². The van der Waals surface area contributed by atoms with Crippen molar-refractivity contribution in [1.82, 2.24) is 10.2 Å². The van der Waals surface area contributed by atoms with Crippen molar-refractivity contribution in [3.05, 3.63) is 65.0 Å². The molecule has 5 nitrogen and oxygen atoms in total. The van der Waals surface area contributed by atoms with E-state index in [-0.39, 0.29) is 19.1 Å². The van der Waals surface area contributed by atoms with Crippen LogP contribution in [0.3, 0.4) is 0 Å². The zero-order valence-corrected chi connectivity index (χ0v) is 16.1. The summed E-state index contributed by atoms with van der Waals surface area (Å²) in [6.07, 6.45) is 0. The van der Waals surface area contributed by atoms with E-state index in [0.717, 1.165) is 11.1 Å². The predicted molar refractivity (Wildman–Crippen MR) is 102 cm³/mol. The molecule has 0 saturated heterocycles. The molecule has 27 heavy (non-hydrogen) atoms. The van der Waals surface area contributed by atoms with Gasteiger partial charge in [-0.15, -0.1) is 0 Å². The minimum absolute atomic E-state index is 0.0176. The van der Waals surface area contributed by atoms with Crippen molar-refractivity contribution in [2.45, 2.75) is 33.4 Å². The van der Waals surface area contributed by atoms with E-state index in [0.29, 0.717) is 11.3 Å². The molecule has 0 aliphatic rings. The molecular weight excluding hydrogens is 347 g/mol. The average molecular weight is 372 g/mol. The van der Waals surface area contributed by atoms with Gasteiger partial charge in [-0.05, 0) is 44.0 Å². The number of nitrogens with one attached hydrogen (secondary N) is 1. The maximum Gasteiger partial charge on any atom is 0.261 e. The highest BCUT2D eigenvalue weighted by atomic mass is 19.1. The smallest absolute Gasteiger partial charge is 0.261 e. The van der Waals surface area contributed by atoms with Crippen molar-refractivity contribution >= 4 is 11.8 Å². The molecule has 0 fully saturated rings. The third kappa shape index (κ3) is 5.06. The lowest BCUT2D eigenvalue weighted by Crippen LogP contribution is -2.48. The highest BCUT2D eigenvalue weighted by Crippen LogP contribution is 2.21. The van der Waals surface area contributed by atoms with Crippen molar-refractivity contribution in [2.75, 3.05) is 13.7 Å². The molecule has 2 aromatic carbocycles. The van der Waals surface area contributed by atoms with Gasteiger partial charge in [0.15, 0.2) is 6.61 Å². The van der Waals surface area contributed by atoms with E-state index in [9.17, 15) is 14.0 Å². The van der Waals surface area contributed by atoms with E-state index in [1.54, 1.807) is 31.2 Å². The first-order valence-electron chi connectivity index (χ1n) is 8.78. The van der Waals surface area contributed by atoms with E-state index in [2.05, 4.69) is 5.32 Å². The number of rotatable bonds is 7. The lowest BCUT2D eigenvalue weighted by molar-refractivity contribution is -0.142. The van der Waals surface area contributed by atoms with Gasteiger partial charge in [-0.1, -0.05) is 30.3 Å². The molecule has 0 aromatic heterocycles. The summed E-state index contributed by atoms with van der Waals surface area (Å²) in [4.78, 5) is 26.2. The lowest BCUT2D eigenvalue weighted by Gasteiger charge is -2.28.